The van der Waals surface area contributed by atoms with E-state index in [0.29, 0.717) is 11.4 Å². The second-order valence-electron chi connectivity index (χ2n) is 4.87. The number of benzene rings is 1. The van der Waals surface area contributed by atoms with Crippen LogP contribution in [0.2, 0.25) is 0 Å². The second-order valence-corrected chi connectivity index (χ2v) is 7.55. The molecule has 0 bridgehead atoms. The molecule has 1 aromatic carbocycles. The van der Waals surface area contributed by atoms with E-state index in [1.165, 1.54) is 4.90 Å². The van der Waals surface area contributed by atoms with Gasteiger partial charge in [0, 0.05) is 11.0 Å². The van der Waals surface area contributed by atoms with Gasteiger partial charge in [0.15, 0.2) is 0 Å². The lowest BCUT2D eigenvalue weighted by Gasteiger charge is -2.08. The summed E-state index contributed by atoms with van der Waals surface area (Å²) in [6.07, 6.45) is 3.05. The summed E-state index contributed by atoms with van der Waals surface area (Å²) < 4.78 is 27.4. The van der Waals surface area contributed by atoms with Crippen molar-refractivity contribution in [3.8, 4) is 0 Å². The second kappa shape index (κ2) is 7.99. The highest BCUT2D eigenvalue weighted by Crippen LogP contribution is 2.14. The lowest BCUT2D eigenvalue weighted by Crippen LogP contribution is -3.05. The van der Waals surface area contributed by atoms with Gasteiger partial charge in [0.05, 0.1) is 25.5 Å². The first-order chi connectivity index (χ1) is 8.92. The number of sulfonamides is 1. The predicted octanol–water partition coefficient (Wildman–Crippen LogP) is 1.04. The van der Waals surface area contributed by atoms with E-state index in [0.717, 1.165) is 30.3 Å². The van der Waals surface area contributed by atoms with Gasteiger partial charge >= 0.3 is 0 Å². The Labute approximate surface area is 124 Å². The van der Waals surface area contributed by atoms with Crippen molar-refractivity contribution in [2.24, 2.45) is 0 Å². The maximum atomic E-state index is 12.0. The first-order valence-electron chi connectivity index (χ1n) is 6.46. The number of nitrogens with one attached hydrogen (secondary N) is 2. The van der Waals surface area contributed by atoms with E-state index < -0.39 is 10.0 Å². The average molecular weight is 350 g/mol. The van der Waals surface area contributed by atoms with E-state index >= 15 is 0 Å². The first-order valence-corrected chi connectivity index (χ1v) is 8.74. The zero-order valence-electron chi connectivity index (χ0n) is 11.4. The van der Waals surface area contributed by atoms with Gasteiger partial charge < -0.3 is 4.90 Å². The monoisotopic (exact) mass is 349 g/mol. The van der Waals surface area contributed by atoms with Gasteiger partial charge in [0.25, 0.3) is 0 Å². The molecular weight excluding hydrogens is 328 g/mol. The van der Waals surface area contributed by atoms with Gasteiger partial charge in [-0.2, -0.15) is 0 Å². The molecule has 0 saturated carbocycles. The van der Waals surface area contributed by atoms with Gasteiger partial charge in [-0.05, 0) is 43.5 Å². The Morgan fingerprint density at radius 2 is 1.74 bits per heavy atom. The third kappa shape index (κ3) is 6.51. The van der Waals surface area contributed by atoms with Crippen molar-refractivity contribution in [1.82, 2.24) is 4.72 Å². The highest BCUT2D eigenvalue weighted by atomic mass is 79.9. The number of rotatable bonds is 8. The van der Waals surface area contributed by atoms with Crippen molar-refractivity contribution in [2.75, 3.05) is 27.2 Å². The van der Waals surface area contributed by atoms with Crippen LogP contribution in [0.25, 0.3) is 0 Å². The van der Waals surface area contributed by atoms with Gasteiger partial charge in [-0.3, -0.25) is 0 Å². The van der Waals surface area contributed by atoms with E-state index in [2.05, 4.69) is 34.7 Å². The summed E-state index contributed by atoms with van der Waals surface area (Å²) in [4.78, 5) is 1.74. The van der Waals surface area contributed by atoms with Gasteiger partial charge in [-0.15, -0.1) is 0 Å². The fourth-order valence-electron chi connectivity index (χ4n) is 1.68. The van der Waals surface area contributed by atoms with Crippen LogP contribution in [-0.2, 0) is 10.0 Å². The van der Waals surface area contributed by atoms with E-state index in [1.54, 1.807) is 24.3 Å². The molecule has 1 aromatic rings. The molecule has 0 saturated heterocycles. The van der Waals surface area contributed by atoms with Crippen LogP contribution >= 0.6 is 15.9 Å². The first kappa shape index (κ1) is 16.6. The van der Waals surface area contributed by atoms with Crippen LogP contribution < -0.4 is 9.62 Å². The van der Waals surface area contributed by atoms with Crippen LogP contribution in [0.15, 0.2) is 33.6 Å². The topological polar surface area (TPSA) is 50.6 Å². The van der Waals surface area contributed by atoms with Crippen LogP contribution in [-0.4, -0.2) is 35.6 Å². The molecule has 6 heteroatoms. The van der Waals surface area contributed by atoms with Gasteiger partial charge in [0.1, 0.15) is 0 Å². The quantitative estimate of drug-likeness (QED) is 0.689. The maximum absolute atomic E-state index is 12.0. The number of unbranched alkanes of at least 4 members (excludes halogenated alkanes) is 2. The summed E-state index contributed by atoms with van der Waals surface area (Å²) in [6, 6.07) is 6.66. The number of quaternary nitrogens is 1. The number of hydrogen-bond acceptors (Lipinski definition) is 2. The van der Waals surface area contributed by atoms with Crippen LogP contribution in [0.1, 0.15) is 19.3 Å². The molecule has 0 aliphatic heterocycles. The van der Waals surface area contributed by atoms with E-state index in [-0.39, 0.29) is 0 Å². The fraction of sp³-hybridized carbons (Fsp3) is 0.538. The van der Waals surface area contributed by atoms with Gasteiger partial charge in [-0.25, -0.2) is 13.1 Å². The fourth-order valence-corrected chi connectivity index (χ4v) is 3.02. The molecule has 0 atom stereocenters. The molecule has 0 aromatic heterocycles. The Bertz CT molecular complexity index is 472. The molecule has 0 fully saturated rings. The number of hydrogen-bond donors (Lipinski definition) is 2. The molecule has 0 aliphatic carbocycles. The maximum Gasteiger partial charge on any atom is 0.240 e. The third-order valence-corrected chi connectivity index (χ3v) is 4.78. The summed E-state index contributed by atoms with van der Waals surface area (Å²) in [7, 11) is 0.886. The highest BCUT2D eigenvalue weighted by molar-refractivity contribution is 9.10. The molecular formula is C13H22BrN2O2S+. The SMILES string of the molecule is C[NH+](C)CCCCCNS(=O)(=O)c1ccc(Br)cc1. The molecule has 4 nitrogen and oxygen atoms in total. The molecule has 0 radical (unpaired) electrons. The molecule has 0 amide bonds. The van der Waals surface area contributed by atoms with E-state index in [4.69, 9.17) is 0 Å². The number of halogens is 1. The van der Waals surface area contributed by atoms with Crippen LogP contribution in [0.4, 0.5) is 0 Å². The van der Waals surface area contributed by atoms with Gasteiger partial charge in [0.2, 0.25) is 10.0 Å². The summed E-state index contributed by atoms with van der Waals surface area (Å²) in [5.74, 6) is 0. The van der Waals surface area contributed by atoms with E-state index in [9.17, 15) is 8.42 Å². The summed E-state index contributed by atoms with van der Waals surface area (Å²) >= 11 is 3.29. The molecule has 108 valence electrons. The molecule has 0 unspecified atom stereocenters. The summed E-state index contributed by atoms with van der Waals surface area (Å²) in [5, 5.41) is 0. The van der Waals surface area contributed by atoms with Gasteiger partial charge in [-0.1, -0.05) is 15.9 Å². The molecule has 0 spiro atoms. The van der Waals surface area contributed by atoms with Crippen molar-refractivity contribution < 1.29 is 13.3 Å². The summed E-state index contributed by atoms with van der Waals surface area (Å²) in [5.41, 5.74) is 0. The van der Waals surface area contributed by atoms with Crippen molar-refractivity contribution in [3.05, 3.63) is 28.7 Å². The third-order valence-electron chi connectivity index (χ3n) is 2.77. The zero-order valence-corrected chi connectivity index (χ0v) is 13.9. The van der Waals surface area contributed by atoms with Crippen molar-refractivity contribution in [3.63, 3.8) is 0 Å². The average Bonchev–Trinajstić information content (AvgIpc) is 2.34. The smallest absolute Gasteiger partial charge is 0.240 e. The predicted molar refractivity (Wildman–Crippen MR) is 80.9 cm³/mol. The Hall–Kier alpha value is -0.430. The minimum atomic E-state index is -3.36. The minimum Gasteiger partial charge on any atom is -0.340 e. The largest absolute Gasteiger partial charge is 0.340 e. The van der Waals surface area contributed by atoms with Crippen molar-refractivity contribution >= 4 is 26.0 Å². The Kier molecular flexibility index (Phi) is 6.99. The van der Waals surface area contributed by atoms with E-state index in [1.807, 2.05) is 0 Å². The molecule has 0 heterocycles. The van der Waals surface area contributed by atoms with Crippen LogP contribution in [0.3, 0.4) is 0 Å². The molecule has 0 aliphatic rings. The van der Waals surface area contributed by atoms with Crippen molar-refractivity contribution in [2.45, 2.75) is 24.2 Å². The highest BCUT2D eigenvalue weighted by Gasteiger charge is 2.12. The van der Waals surface area contributed by atoms with Crippen LogP contribution in [0, 0.1) is 0 Å². The zero-order chi connectivity index (χ0) is 14.3. The Morgan fingerprint density at radius 1 is 1.11 bits per heavy atom. The Balaban J connectivity index is 2.33. The minimum absolute atomic E-state index is 0.313. The lowest BCUT2D eigenvalue weighted by molar-refractivity contribution is -0.858. The van der Waals surface area contributed by atoms with Crippen LogP contribution in [0.5, 0.6) is 0 Å². The molecule has 1 rings (SSSR count). The normalized spacial score (nSPS) is 12.0. The molecule has 2 N–H and O–H groups in total. The molecule has 19 heavy (non-hydrogen) atoms. The standard InChI is InChI=1S/C13H21BrN2O2S/c1-16(2)11-5-3-4-10-15-19(17,18)13-8-6-12(14)7-9-13/h6-9,15H,3-5,10-11H2,1-2H3/p+1. The Morgan fingerprint density at radius 3 is 2.32 bits per heavy atom. The summed E-state index contributed by atoms with van der Waals surface area (Å²) in [6.45, 7) is 1.63. The van der Waals surface area contributed by atoms with Crippen molar-refractivity contribution in [1.29, 1.82) is 0 Å². The lowest BCUT2D eigenvalue weighted by atomic mass is 10.2.